The fourth-order valence-corrected chi connectivity index (χ4v) is 5.00. The molecule has 0 bridgehead atoms. The van der Waals surface area contributed by atoms with Crippen molar-refractivity contribution in [3.8, 4) is 11.5 Å². The van der Waals surface area contributed by atoms with Crippen molar-refractivity contribution in [1.29, 1.82) is 0 Å². The maximum Gasteiger partial charge on any atom is 0.339 e. The minimum Gasteiger partial charge on any atom is -0.493 e. The largest absolute Gasteiger partial charge is 0.493 e. The first kappa shape index (κ1) is 27.4. The highest BCUT2D eigenvalue weighted by Gasteiger charge is 2.19. The van der Waals surface area contributed by atoms with Crippen LogP contribution in [0.15, 0.2) is 82.8 Å². The molecule has 4 aromatic rings. The van der Waals surface area contributed by atoms with Crippen molar-refractivity contribution >= 4 is 44.6 Å². The Morgan fingerprint density at radius 2 is 1.74 bits per heavy atom. The average Bonchev–Trinajstić information content (AvgIpc) is 3.36. The van der Waals surface area contributed by atoms with E-state index < -0.39 is 16.0 Å². The van der Waals surface area contributed by atoms with Gasteiger partial charge in [0.1, 0.15) is 9.90 Å². The Bertz CT molecular complexity index is 1620. The van der Waals surface area contributed by atoms with Crippen molar-refractivity contribution < 1.29 is 26.9 Å². The Morgan fingerprint density at radius 3 is 2.49 bits per heavy atom. The van der Waals surface area contributed by atoms with E-state index in [0.29, 0.717) is 16.1 Å². The number of aryl methyl sites for hydroxylation is 1. The molecule has 0 atom stereocenters. The van der Waals surface area contributed by atoms with Crippen LogP contribution in [0.3, 0.4) is 0 Å². The summed E-state index contributed by atoms with van der Waals surface area (Å²) in [5.74, 6) is -0.586. The van der Waals surface area contributed by atoms with Crippen LogP contribution in [0.25, 0.3) is 0 Å². The smallest absolute Gasteiger partial charge is 0.339 e. The number of benzene rings is 3. The number of anilines is 1. The van der Waals surface area contributed by atoms with Crippen molar-refractivity contribution in [1.82, 2.24) is 15.6 Å². The SMILES string of the molecule is COc1cc(C=NNC(=O)Cc2nnc(NC(=O)c3ccccc3C)s2)ccc1OS(=O)(=O)c1ccccc1. The molecule has 0 aliphatic carbocycles. The molecular formula is C26H23N5O6S2. The highest BCUT2D eigenvalue weighted by atomic mass is 32.2. The van der Waals surface area contributed by atoms with Crippen LogP contribution in [-0.2, 0) is 21.3 Å². The number of methoxy groups -OCH3 is 1. The summed E-state index contributed by atoms with van der Waals surface area (Å²) < 4.78 is 35.5. The normalized spacial score (nSPS) is 11.2. The molecule has 0 saturated heterocycles. The molecule has 200 valence electrons. The zero-order chi connectivity index (χ0) is 27.8. The van der Waals surface area contributed by atoms with Crippen molar-refractivity contribution in [3.05, 3.63) is 94.5 Å². The zero-order valence-corrected chi connectivity index (χ0v) is 22.5. The van der Waals surface area contributed by atoms with Gasteiger partial charge in [0, 0.05) is 5.56 Å². The van der Waals surface area contributed by atoms with Gasteiger partial charge in [-0.05, 0) is 54.4 Å². The lowest BCUT2D eigenvalue weighted by molar-refractivity contribution is -0.120. The van der Waals surface area contributed by atoms with Gasteiger partial charge in [-0.3, -0.25) is 14.9 Å². The van der Waals surface area contributed by atoms with Gasteiger partial charge in [-0.15, -0.1) is 10.2 Å². The monoisotopic (exact) mass is 565 g/mol. The Kier molecular flexibility index (Phi) is 8.63. The summed E-state index contributed by atoms with van der Waals surface area (Å²) in [6, 6.07) is 19.4. The topological polar surface area (TPSA) is 149 Å². The summed E-state index contributed by atoms with van der Waals surface area (Å²) >= 11 is 1.08. The quantitative estimate of drug-likeness (QED) is 0.168. The molecule has 2 N–H and O–H groups in total. The van der Waals surface area contributed by atoms with Crippen molar-refractivity contribution in [2.45, 2.75) is 18.2 Å². The number of carbonyl (C=O) groups excluding carboxylic acids is 2. The molecule has 0 fully saturated rings. The molecule has 0 unspecified atom stereocenters. The van der Waals surface area contributed by atoms with E-state index in [-0.39, 0.29) is 33.9 Å². The molecule has 1 heterocycles. The molecule has 0 spiro atoms. The molecule has 11 nitrogen and oxygen atoms in total. The Morgan fingerprint density at radius 1 is 1.00 bits per heavy atom. The van der Waals surface area contributed by atoms with Crippen LogP contribution >= 0.6 is 11.3 Å². The number of hydrogen-bond donors (Lipinski definition) is 2. The number of rotatable bonds is 10. The van der Waals surface area contributed by atoms with Gasteiger partial charge in [0.2, 0.25) is 11.0 Å². The van der Waals surface area contributed by atoms with Crippen LogP contribution in [0.5, 0.6) is 11.5 Å². The highest BCUT2D eigenvalue weighted by Crippen LogP contribution is 2.30. The van der Waals surface area contributed by atoms with Gasteiger partial charge in [0.05, 0.1) is 19.7 Å². The van der Waals surface area contributed by atoms with E-state index in [4.69, 9.17) is 8.92 Å². The molecule has 0 saturated carbocycles. The lowest BCUT2D eigenvalue weighted by Crippen LogP contribution is -2.19. The lowest BCUT2D eigenvalue weighted by atomic mass is 10.1. The Hall–Kier alpha value is -4.62. The van der Waals surface area contributed by atoms with E-state index in [1.54, 1.807) is 36.4 Å². The number of carbonyl (C=O) groups is 2. The second-order valence-corrected chi connectivity index (χ2v) is 10.6. The van der Waals surface area contributed by atoms with Crippen molar-refractivity contribution in [2.24, 2.45) is 5.10 Å². The second-order valence-electron chi connectivity index (χ2n) is 8.00. The predicted molar refractivity (Wildman–Crippen MR) is 146 cm³/mol. The number of nitrogens with zero attached hydrogens (tertiary/aromatic N) is 3. The van der Waals surface area contributed by atoms with Gasteiger partial charge in [0.25, 0.3) is 5.91 Å². The van der Waals surface area contributed by atoms with E-state index in [9.17, 15) is 18.0 Å². The fourth-order valence-electron chi connectivity index (χ4n) is 3.31. The fraction of sp³-hybridized carbons (Fsp3) is 0.115. The first-order valence-corrected chi connectivity index (χ1v) is 13.7. The molecule has 0 aliphatic heterocycles. The highest BCUT2D eigenvalue weighted by molar-refractivity contribution is 7.87. The standard InChI is InChI=1S/C26H23N5O6S2/c1-17-8-6-7-11-20(17)25(33)28-26-31-30-24(38-26)15-23(32)29-27-16-18-12-13-21(22(14-18)36-2)37-39(34,35)19-9-4-3-5-10-19/h3-14,16H,15H2,1-2H3,(H,29,32)(H,28,31,33). The van der Waals surface area contributed by atoms with E-state index in [0.717, 1.165) is 16.9 Å². The Balaban J connectivity index is 1.32. The van der Waals surface area contributed by atoms with Crippen LogP contribution in [0.1, 0.15) is 26.5 Å². The maximum atomic E-state index is 12.5. The average molecular weight is 566 g/mol. The number of hydrogen-bond acceptors (Lipinski definition) is 10. The van der Waals surface area contributed by atoms with Crippen LogP contribution < -0.4 is 19.7 Å². The van der Waals surface area contributed by atoms with Gasteiger partial charge < -0.3 is 8.92 Å². The first-order chi connectivity index (χ1) is 18.7. The van der Waals surface area contributed by atoms with Crippen molar-refractivity contribution in [2.75, 3.05) is 12.4 Å². The first-order valence-electron chi connectivity index (χ1n) is 11.4. The third kappa shape index (κ3) is 7.24. The number of amides is 2. The van der Waals surface area contributed by atoms with Gasteiger partial charge in [0.15, 0.2) is 11.5 Å². The molecule has 13 heteroatoms. The van der Waals surface area contributed by atoms with Gasteiger partial charge in [-0.1, -0.05) is 47.7 Å². The van der Waals surface area contributed by atoms with Crippen LogP contribution in [0.4, 0.5) is 5.13 Å². The number of nitrogens with one attached hydrogen (secondary N) is 2. The summed E-state index contributed by atoms with van der Waals surface area (Å²) in [5.41, 5.74) is 4.26. The summed E-state index contributed by atoms with van der Waals surface area (Å²) in [7, 11) is -2.67. The van der Waals surface area contributed by atoms with Crippen LogP contribution in [0.2, 0.25) is 0 Å². The lowest BCUT2D eigenvalue weighted by Gasteiger charge is -2.11. The van der Waals surface area contributed by atoms with Crippen LogP contribution in [0, 0.1) is 6.92 Å². The predicted octanol–water partition coefficient (Wildman–Crippen LogP) is 3.57. The third-order valence-electron chi connectivity index (χ3n) is 5.21. The summed E-state index contributed by atoms with van der Waals surface area (Å²) in [6.45, 7) is 1.83. The van der Waals surface area contributed by atoms with Gasteiger partial charge in [-0.2, -0.15) is 13.5 Å². The molecule has 0 aliphatic rings. The van der Waals surface area contributed by atoms with Crippen molar-refractivity contribution in [3.63, 3.8) is 0 Å². The zero-order valence-electron chi connectivity index (χ0n) is 20.8. The van der Waals surface area contributed by atoms with E-state index in [1.165, 1.54) is 37.6 Å². The third-order valence-corrected chi connectivity index (χ3v) is 7.30. The Labute approximate surface area is 228 Å². The maximum absolute atomic E-state index is 12.5. The number of aromatic nitrogens is 2. The minimum atomic E-state index is -4.04. The minimum absolute atomic E-state index is 0.00382. The van der Waals surface area contributed by atoms with Gasteiger partial charge in [-0.25, -0.2) is 5.43 Å². The molecular weight excluding hydrogens is 542 g/mol. The number of hydrazone groups is 1. The molecule has 0 radical (unpaired) electrons. The molecule has 1 aromatic heterocycles. The summed E-state index contributed by atoms with van der Waals surface area (Å²) in [5, 5.41) is 15.1. The van der Waals surface area contributed by atoms with E-state index in [1.807, 2.05) is 19.1 Å². The summed E-state index contributed by atoms with van der Waals surface area (Å²) in [4.78, 5) is 24.7. The van der Waals surface area contributed by atoms with Crippen LogP contribution in [-0.4, -0.2) is 43.8 Å². The molecule has 4 rings (SSSR count). The summed E-state index contributed by atoms with van der Waals surface area (Å²) in [6.07, 6.45) is 1.27. The van der Waals surface area contributed by atoms with Gasteiger partial charge >= 0.3 is 10.1 Å². The van der Waals surface area contributed by atoms with E-state index in [2.05, 4.69) is 26.0 Å². The molecule has 2 amide bonds. The second kappa shape index (κ2) is 12.3. The molecule has 39 heavy (non-hydrogen) atoms. The van der Waals surface area contributed by atoms with E-state index >= 15 is 0 Å². The number of ether oxygens (including phenoxy) is 1. The molecule has 3 aromatic carbocycles.